The van der Waals surface area contributed by atoms with Gasteiger partial charge in [0.15, 0.2) is 0 Å². The van der Waals surface area contributed by atoms with E-state index in [1.54, 1.807) is 0 Å². The number of nitrogens with one attached hydrogen (secondary N) is 1. The third-order valence-electron chi connectivity index (χ3n) is 4.44. The number of amides is 1. The van der Waals surface area contributed by atoms with Crippen molar-refractivity contribution in [2.45, 2.75) is 25.0 Å². The van der Waals surface area contributed by atoms with Crippen molar-refractivity contribution in [3.63, 3.8) is 0 Å². The Bertz CT molecular complexity index is 528. The van der Waals surface area contributed by atoms with Crippen LogP contribution in [0.2, 0.25) is 5.02 Å². The molecule has 3 rings (SSSR count). The molecule has 0 radical (unpaired) electrons. The smallest absolute Gasteiger partial charge is 0.249 e. The SMILES string of the molecule is O=C(NC[C@H](c1ccccc1Cl)N1CCOCC1)[C@H]1CCCO1. The summed E-state index contributed by atoms with van der Waals surface area (Å²) in [6.45, 7) is 4.30. The summed E-state index contributed by atoms with van der Waals surface area (Å²) in [6, 6.07) is 7.88. The molecule has 2 atom stereocenters. The average Bonchev–Trinajstić information content (AvgIpc) is 3.12. The van der Waals surface area contributed by atoms with E-state index in [2.05, 4.69) is 10.2 Å². The Morgan fingerprint density at radius 3 is 2.78 bits per heavy atom. The highest BCUT2D eigenvalue weighted by Crippen LogP contribution is 2.28. The molecule has 6 heteroatoms. The summed E-state index contributed by atoms with van der Waals surface area (Å²) >= 11 is 6.39. The summed E-state index contributed by atoms with van der Waals surface area (Å²) in [5.41, 5.74) is 1.05. The van der Waals surface area contributed by atoms with E-state index in [-0.39, 0.29) is 18.1 Å². The van der Waals surface area contributed by atoms with Crippen LogP contribution >= 0.6 is 11.6 Å². The third kappa shape index (κ3) is 4.23. The lowest BCUT2D eigenvalue weighted by Gasteiger charge is -2.35. The number of benzene rings is 1. The Hall–Kier alpha value is -1.14. The molecular formula is C17H23ClN2O3. The van der Waals surface area contributed by atoms with Crippen molar-refractivity contribution in [2.75, 3.05) is 39.5 Å². The molecule has 0 unspecified atom stereocenters. The Kier molecular flexibility index (Phi) is 5.89. The normalized spacial score (nSPS) is 23.6. The predicted octanol–water partition coefficient (Wildman–Crippen LogP) is 2.01. The molecule has 2 fully saturated rings. The highest BCUT2D eigenvalue weighted by atomic mass is 35.5. The lowest BCUT2D eigenvalue weighted by molar-refractivity contribution is -0.130. The lowest BCUT2D eigenvalue weighted by Crippen LogP contribution is -2.45. The van der Waals surface area contributed by atoms with Crippen LogP contribution in [0.15, 0.2) is 24.3 Å². The predicted molar refractivity (Wildman–Crippen MR) is 88.6 cm³/mol. The van der Waals surface area contributed by atoms with E-state index in [1.165, 1.54) is 0 Å². The quantitative estimate of drug-likeness (QED) is 0.892. The minimum atomic E-state index is -0.299. The maximum atomic E-state index is 12.2. The molecule has 1 amide bonds. The number of carbonyl (C=O) groups is 1. The van der Waals surface area contributed by atoms with Crippen molar-refractivity contribution in [3.05, 3.63) is 34.9 Å². The van der Waals surface area contributed by atoms with Gasteiger partial charge in [0.2, 0.25) is 5.91 Å². The first-order valence-electron chi connectivity index (χ1n) is 8.21. The standard InChI is InChI=1S/C17H23ClN2O3/c18-14-5-2-1-4-13(14)15(20-7-10-22-11-8-20)12-19-17(21)16-6-3-9-23-16/h1-2,4-5,15-16H,3,6-12H2,(H,19,21)/t15-,16-/m1/s1. The molecule has 2 aliphatic rings. The van der Waals surface area contributed by atoms with Crippen LogP contribution in [-0.2, 0) is 14.3 Å². The van der Waals surface area contributed by atoms with Gasteiger partial charge in [0.05, 0.1) is 19.3 Å². The fourth-order valence-corrected chi connectivity index (χ4v) is 3.43. The minimum Gasteiger partial charge on any atom is -0.379 e. The molecule has 5 nitrogen and oxygen atoms in total. The molecule has 0 aromatic heterocycles. The first-order valence-corrected chi connectivity index (χ1v) is 8.59. The number of ether oxygens (including phenoxy) is 2. The number of hydrogen-bond donors (Lipinski definition) is 1. The highest BCUT2D eigenvalue weighted by Gasteiger charge is 2.27. The zero-order valence-electron chi connectivity index (χ0n) is 13.2. The van der Waals surface area contributed by atoms with Gasteiger partial charge in [-0.05, 0) is 24.5 Å². The molecule has 1 N–H and O–H groups in total. The summed E-state index contributed by atoms with van der Waals surface area (Å²) in [7, 11) is 0. The Labute approximate surface area is 141 Å². The van der Waals surface area contributed by atoms with E-state index in [0.717, 1.165) is 36.5 Å². The van der Waals surface area contributed by atoms with Crippen LogP contribution in [0, 0.1) is 0 Å². The maximum Gasteiger partial charge on any atom is 0.249 e. The topological polar surface area (TPSA) is 50.8 Å². The van der Waals surface area contributed by atoms with E-state index >= 15 is 0 Å². The fourth-order valence-electron chi connectivity index (χ4n) is 3.17. The van der Waals surface area contributed by atoms with Gasteiger partial charge in [0, 0.05) is 31.3 Å². The molecule has 2 aliphatic heterocycles. The number of halogens is 1. The van der Waals surface area contributed by atoms with Gasteiger partial charge in [0.25, 0.3) is 0 Å². The highest BCUT2D eigenvalue weighted by molar-refractivity contribution is 6.31. The van der Waals surface area contributed by atoms with Crippen LogP contribution in [0.25, 0.3) is 0 Å². The summed E-state index contributed by atoms with van der Waals surface area (Å²) < 4.78 is 10.9. The van der Waals surface area contributed by atoms with Gasteiger partial charge in [-0.15, -0.1) is 0 Å². The summed E-state index contributed by atoms with van der Waals surface area (Å²) in [4.78, 5) is 14.6. The van der Waals surface area contributed by atoms with Gasteiger partial charge in [-0.3, -0.25) is 9.69 Å². The van der Waals surface area contributed by atoms with Crippen LogP contribution in [0.3, 0.4) is 0 Å². The number of morpholine rings is 1. The van der Waals surface area contributed by atoms with E-state index in [1.807, 2.05) is 24.3 Å². The molecule has 23 heavy (non-hydrogen) atoms. The molecule has 0 bridgehead atoms. The molecule has 0 aliphatic carbocycles. The van der Waals surface area contributed by atoms with Crippen LogP contribution in [0.5, 0.6) is 0 Å². The molecule has 2 heterocycles. The van der Waals surface area contributed by atoms with Crippen LogP contribution in [-0.4, -0.2) is 56.4 Å². The summed E-state index contributed by atoms with van der Waals surface area (Å²) in [5.74, 6) is -0.0205. The average molecular weight is 339 g/mol. The van der Waals surface area contributed by atoms with Gasteiger partial charge in [-0.25, -0.2) is 0 Å². The van der Waals surface area contributed by atoms with Crippen molar-refractivity contribution in [1.82, 2.24) is 10.2 Å². The first kappa shape index (κ1) is 16.7. The molecule has 1 aromatic carbocycles. The van der Waals surface area contributed by atoms with E-state index < -0.39 is 0 Å². The Balaban J connectivity index is 1.69. The van der Waals surface area contributed by atoms with Gasteiger partial charge in [-0.1, -0.05) is 29.8 Å². The molecule has 0 saturated carbocycles. The van der Waals surface area contributed by atoms with Gasteiger partial charge in [-0.2, -0.15) is 0 Å². The van der Waals surface area contributed by atoms with Crippen LogP contribution in [0.4, 0.5) is 0 Å². The Morgan fingerprint density at radius 2 is 2.09 bits per heavy atom. The largest absolute Gasteiger partial charge is 0.379 e. The minimum absolute atomic E-state index is 0.0205. The van der Waals surface area contributed by atoms with E-state index in [9.17, 15) is 4.79 Å². The molecule has 2 saturated heterocycles. The monoisotopic (exact) mass is 338 g/mol. The Morgan fingerprint density at radius 1 is 1.30 bits per heavy atom. The van der Waals surface area contributed by atoms with Gasteiger partial charge >= 0.3 is 0 Å². The third-order valence-corrected chi connectivity index (χ3v) is 4.79. The van der Waals surface area contributed by atoms with Crippen molar-refractivity contribution in [3.8, 4) is 0 Å². The molecular weight excluding hydrogens is 316 g/mol. The number of rotatable bonds is 5. The first-order chi connectivity index (χ1) is 11.3. The van der Waals surface area contributed by atoms with Crippen molar-refractivity contribution in [2.24, 2.45) is 0 Å². The van der Waals surface area contributed by atoms with Crippen LogP contribution < -0.4 is 5.32 Å². The maximum absolute atomic E-state index is 12.2. The second-order valence-electron chi connectivity index (χ2n) is 5.93. The second kappa shape index (κ2) is 8.11. The lowest BCUT2D eigenvalue weighted by atomic mass is 10.0. The molecule has 0 spiro atoms. The second-order valence-corrected chi connectivity index (χ2v) is 6.34. The zero-order chi connectivity index (χ0) is 16.1. The zero-order valence-corrected chi connectivity index (χ0v) is 13.9. The molecule has 126 valence electrons. The fraction of sp³-hybridized carbons (Fsp3) is 0.588. The van der Waals surface area contributed by atoms with E-state index in [0.29, 0.717) is 26.4 Å². The van der Waals surface area contributed by atoms with Crippen molar-refractivity contribution < 1.29 is 14.3 Å². The van der Waals surface area contributed by atoms with Gasteiger partial charge in [0.1, 0.15) is 6.10 Å². The number of nitrogens with zero attached hydrogens (tertiary/aromatic N) is 1. The van der Waals surface area contributed by atoms with E-state index in [4.69, 9.17) is 21.1 Å². The summed E-state index contributed by atoms with van der Waals surface area (Å²) in [5, 5.41) is 3.77. The summed E-state index contributed by atoms with van der Waals surface area (Å²) in [6.07, 6.45) is 1.46. The number of hydrogen-bond acceptors (Lipinski definition) is 4. The van der Waals surface area contributed by atoms with Crippen LogP contribution in [0.1, 0.15) is 24.4 Å². The van der Waals surface area contributed by atoms with Gasteiger partial charge < -0.3 is 14.8 Å². The van der Waals surface area contributed by atoms with Crippen molar-refractivity contribution >= 4 is 17.5 Å². The number of carbonyl (C=O) groups excluding carboxylic acids is 1. The molecule has 1 aromatic rings. The van der Waals surface area contributed by atoms with Crippen molar-refractivity contribution in [1.29, 1.82) is 0 Å².